The normalized spacial score (nSPS) is 34.7. The standard InChI is InChI=1S/C32H41IN2O9/c1-30(2,3)41-23(37)13-12-21(16-36)34-29(39)31-14-22-24-25(43-32(42-24,18-6-7-18)19-8-9-19)27(31)44-35(26(31)28(38)40-22)15-17-4-10-20(33)11-5-17/h4-5,10-11,18-19,21-22,24-27,36H,6-9,12-16H2,1-3H3,(H,34,39)/t21-,22+,24-,25-,26-,27+,31-/m0/s1. The number of nitrogens with one attached hydrogen (secondary N) is 1. The summed E-state index contributed by atoms with van der Waals surface area (Å²) < 4.78 is 26.2. The van der Waals surface area contributed by atoms with Gasteiger partial charge in [0.25, 0.3) is 0 Å². The van der Waals surface area contributed by atoms with Gasteiger partial charge in [-0.1, -0.05) is 12.1 Å². The fraction of sp³-hybridized carbons (Fsp3) is 0.719. The molecule has 0 unspecified atom stereocenters. The lowest BCUT2D eigenvalue weighted by Crippen LogP contribution is -2.70. The van der Waals surface area contributed by atoms with Gasteiger partial charge >= 0.3 is 11.9 Å². The number of aliphatic hydroxyl groups is 1. The number of fused-ring (bicyclic) bond motifs is 4. The number of amides is 1. The topological polar surface area (TPSA) is 133 Å². The van der Waals surface area contributed by atoms with Gasteiger partial charge in [-0.05, 0) is 93.2 Å². The van der Waals surface area contributed by atoms with E-state index in [1.807, 2.05) is 24.3 Å². The van der Waals surface area contributed by atoms with Gasteiger partial charge in [-0.3, -0.25) is 19.2 Å². The summed E-state index contributed by atoms with van der Waals surface area (Å²) in [6.07, 6.45) is 1.91. The third kappa shape index (κ3) is 5.36. The molecule has 3 saturated heterocycles. The molecule has 3 saturated carbocycles. The van der Waals surface area contributed by atoms with Crippen LogP contribution < -0.4 is 5.32 Å². The SMILES string of the molecule is CC(C)(C)OC(=O)CC[C@@H](CO)NC(=O)[C@@]12C[C@H]3OC(=O)[C@@H]1N(Cc1ccc(I)cc1)O[C@@H]2[C@H]1OC(C2CC2)(C2CC2)O[C@H]13. The first-order valence-corrected chi connectivity index (χ1v) is 16.9. The zero-order valence-electron chi connectivity index (χ0n) is 25.3. The Morgan fingerprint density at radius 1 is 1.11 bits per heavy atom. The van der Waals surface area contributed by atoms with Crippen molar-refractivity contribution in [2.24, 2.45) is 17.3 Å². The predicted octanol–water partition coefficient (Wildman–Crippen LogP) is 2.99. The summed E-state index contributed by atoms with van der Waals surface area (Å²) in [7, 11) is 0. The first-order chi connectivity index (χ1) is 20.9. The monoisotopic (exact) mass is 724 g/mol. The van der Waals surface area contributed by atoms with E-state index in [2.05, 4.69) is 27.9 Å². The molecule has 240 valence electrons. The second kappa shape index (κ2) is 11.2. The first kappa shape index (κ1) is 30.8. The molecule has 3 aliphatic carbocycles. The van der Waals surface area contributed by atoms with Crippen LogP contribution in [0.2, 0.25) is 0 Å². The highest BCUT2D eigenvalue weighted by Gasteiger charge is 2.78. The second-order valence-electron chi connectivity index (χ2n) is 14.3. The van der Waals surface area contributed by atoms with Crippen LogP contribution in [0.25, 0.3) is 0 Å². The van der Waals surface area contributed by atoms with Gasteiger partial charge in [-0.2, -0.15) is 5.06 Å². The minimum Gasteiger partial charge on any atom is -0.460 e. The average Bonchev–Trinajstić information content (AvgIpc) is 3.90. The van der Waals surface area contributed by atoms with Crippen LogP contribution >= 0.6 is 22.6 Å². The zero-order valence-corrected chi connectivity index (χ0v) is 27.5. The molecule has 1 aromatic rings. The van der Waals surface area contributed by atoms with Gasteiger partial charge in [-0.25, -0.2) is 0 Å². The number of hydrogen-bond acceptors (Lipinski definition) is 10. The predicted molar refractivity (Wildman–Crippen MR) is 162 cm³/mol. The number of esters is 2. The number of carbonyl (C=O) groups is 3. The molecule has 3 aliphatic heterocycles. The van der Waals surface area contributed by atoms with E-state index in [1.54, 1.807) is 25.8 Å². The molecule has 3 heterocycles. The Kier molecular flexibility index (Phi) is 7.80. The van der Waals surface area contributed by atoms with E-state index in [0.717, 1.165) is 34.8 Å². The van der Waals surface area contributed by atoms with Crippen molar-refractivity contribution in [2.75, 3.05) is 6.61 Å². The summed E-state index contributed by atoms with van der Waals surface area (Å²) in [6.45, 7) is 5.26. The molecule has 1 amide bonds. The number of nitrogens with zero attached hydrogens (tertiary/aromatic N) is 1. The van der Waals surface area contributed by atoms with Crippen LogP contribution in [0, 0.1) is 20.8 Å². The van der Waals surface area contributed by atoms with E-state index in [0.29, 0.717) is 0 Å². The molecule has 44 heavy (non-hydrogen) atoms. The third-order valence-electron chi connectivity index (χ3n) is 9.83. The fourth-order valence-corrected chi connectivity index (χ4v) is 8.01. The summed E-state index contributed by atoms with van der Waals surface area (Å²) in [6, 6.07) is 6.17. The molecule has 7 atom stereocenters. The Balaban J connectivity index is 1.19. The Hall–Kier alpha value is -1.84. The molecule has 0 aromatic heterocycles. The lowest BCUT2D eigenvalue weighted by Gasteiger charge is -2.49. The van der Waals surface area contributed by atoms with Crippen molar-refractivity contribution < 1.29 is 43.3 Å². The molecule has 1 aromatic carbocycles. The number of benzene rings is 1. The van der Waals surface area contributed by atoms with Crippen LogP contribution in [-0.2, 0) is 44.7 Å². The molecule has 2 bridgehead atoms. The van der Waals surface area contributed by atoms with Gasteiger partial charge in [-0.15, -0.1) is 0 Å². The lowest BCUT2D eigenvalue weighted by atomic mass is 9.62. The van der Waals surface area contributed by atoms with Crippen LogP contribution in [0.4, 0.5) is 0 Å². The molecule has 2 N–H and O–H groups in total. The number of rotatable bonds is 10. The van der Waals surface area contributed by atoms with E-state index >= 15 is 0 Å². The number of aliphatic hydroxyl groups excluding tert-OH is 1. The van der Waals surface area contributed by atoms with E-state index in [4.69, 9.17) is 23.8 Å². The molecule has 7 rings (SSSR count). The van der Waals surface area contributed by atoms with Crippen molar-refractivity contribution in [3.05, 3.63) is 33.4 Å². The maximum absolute atomic E-state index is 14.5. The minimum absolute atomic E-state index is 0.0235. The number of halogens is 1. The molecule has 11 nitrogen and oxygen atoms in total. The number of carbonyl (C=O) groups excluding carboxylic acids is 3. The van der Waals surface area contributed by atoms with Crippen molar-refractivity contribution in [2.45, 2.75) is 120 Å². The third-order valence-corrected chi connectivity index (χ3v) is 10.6. The molecule has 0 spiro atoms. The summed E-state index contributed by atoms with van der Waals surface area (Å²) in [5.41, 5.74) is -1.05. The summed E-state index contributed by atoms with van der Waals surface area (Å²) in [5, 5.41) is 14.8. The number of hydrogen-bond donors (Lipinski definition) is 2. The Morgan fingerprint density at radius 2 is 1.77 bits per heavy atom. The highest BCUT2D eigenvalue weighted by Crippen LogP contribution is 2.63. The van der Waals surface area contributed by atoms with E-state index in [9.17, 15) is 19.5 Å². The van der Waals surface area contributed by atoms with Crippen molar-refractivity contribution in [3.8, 4) is 0 Å². The number of hydroxylamine groups is 2. The zero-order chi connectivity index (χ0) is 31.0. The molecule has 12 heteroatoms. The van der Waals surface area contributed by atoms with Gasteiger partial charge in [0.1, 0.15) is 35.4 Å². The van der Waals surface area contributed by atoms with Crippen LogP contribution in [0.15, 0.2) is 24.3 Å². The van der Waals surface area contributed by atoms with Crippen LogP contribution in [0.5, 0.6) is 0 Å². The lowest BCUT2D eigenvalue weighted by molar-refractivity contribution is -0.235. The quantitative estimate of drug-likeness (QED) is 0.274. The molecule has 6 aliphatic rings. The average molecular weight is 725 g/mol. The minimum atomic E-state index is -1.34. The smallest absolute Gasteiger partial charge is 0.327 e. The largest absolute Gasteiger partial charge is 0.460 e. The summed E-state index contributed by atoms with van der Waals surface area (Å²) in [4.78, 5) is 47.4. The van der Waals surface area contributed by atoms with Gasteiger partial charge in [0.05, 0.1) is 19.2 Å². The maximum atomic E-state index is 14.5. The van der Waals surface area contributed by atoms with Crippen molar-refractivity contribution >= 4 is 40.4 Å². The van der Waals surface area contributed by atoms with Gasteiger partial charge in [0.2, 0.25) is 5.91 Å². The Bertz CT molecular complexity index is 1300. The molecule has 0 radical (unpaired) electrons. The maximum Gasteiger partial charge on any atom is 0.327 e. The first-order valence-electron chi connectivity index (χ1n) is 15.8. The molecule has 6 fully saturated rings. The fourth-order valence-electron chi connectivity index (χ4n) is 7.65. The van der Waals surface area contributed by atoms with Crippen LogP contribution in [-0.4, -0.2) is 82.5 Å². The highest BCUT2D eigenvalue weighted by atomic mass is 127. The second-order valence-corrected chi connectivity index (χ2v) is 15.5. The van der Waals surface area contributed by atoms with E-state index in [-0.39, 0.29) is 44.2 Å². The van der Waals surface area contributed by atoms with Gasteiger partial charge < -0.3 is 29.4 Å². The Labute approximate surface area is 270 Å². The molecular formula is C32H41IN2O9. The molecular weight excluding hydrogens is 683 g/mol. The summed E-state index contributed by atoms with van der Waals surface area (Å²) in [5.74, 6) is -1.53. The number of ether oxygens (including phenoxy) is 4. The van der Waals surface area contributed by atoms with Crippen molar-refractivity contribution in [3.63, 3.8) is 0 Å². The van der Waals surface area contributed by atoms with Gasteiger partial charge in [0, 0.05) is 28.2 Å². The van der Waals surface area contributed by atoms with Crippen molar-refractivity contribution in [1.82, 2.24) is 10.4 Å². The van der Waals surface area contributed by atoms with E-state index in [1.165, 1.54) is 0 Å². The van der Waals surface area contributed by atoms with Gasteiger partial charge in [0.15, 0.2) is 11.8 Å². The van der Waals surface area contributed by atoms with E-state index < -0.39 is 71.1 Å². The summed E-state index contributed by atoms with van der Waals surface area (Å²) >= 11 is 2.24. The Morgan fingerprint density at radius 3 is 2.39 bits per heavy atom. The highest BCUT2D eigenvalue weighted by molar-refractivity contribution is 14.1. The van der Waals surface area contributed by atoms with Crippen LogP contribution in [0.3, 0.4) is 0 Å². The van der Waals surface area contributed by atoms with Crippen molar-refractivity contribution in [1.29, 1.82) is 0 Å². The van der Waals surface area contributed by atoms with Crippen LogP contribution in [0.1, 0.15) is 71.3 Å².